The number of para-hydroxylation sites is 1. The lowest BCUT2D eigenvalue weighted by Crippen LogP contribution is -2.37. The second-order valence-corrected chi connectivity index (χ2v) is 9.47. The second-order valence-electron chi connectivity index (χ2n) is 9.47. The molecule has 168 valence electrons. The number of hydrogen-bond donors (Lipinski definition) is 0. The lowest BCUT2D eigenvalue weighted by Gasteiger charge is -2.28. The van der Waals surface area contributed by atoms with Gasteiger partial charge in [-0.2, -0.15) is 0 Å². The molecule has 0 saturated heterocycles. The van der Waals surface area contributed by atoms with E-state index in [-0.39, 0.29) is 22.5 Å². The van der Waals surface area contributed by atoms with E-state index < -0.39 is 6.04 Å². The number of fused-ring (bicyclic) bond motifs is 2. The molecule has 1 aliphatic heterocycles. The molecule has 0 radical (unpaired) electrons. The minimum absolute atomic E-state index is 0.0274. The Labute approximate surface area is 189 Å². The molecule has 32 heavy (non-hydrogen) atoms. The van der Waals surface area contributed by atoms with Gasteiger partial charge in [-0.1, -0.05) is 71.0 Å². The number of benzene rings is 2. The first-order valence-corrected chi connectivity index (χ1v) is 11.5. The predicted molar refractivity (Wildman–Crippen MR) is 128 cm³/mol. The van der Waals surface area contributed by atoms with Crippen LogP contribution in [0, 0.1) is 0 Å². The summed E-state index contributed by atoms with van der Waals surface area (Å²) in [6.45, 7) is 13.9. The Morgan fingerprint density at radius 3 is 2.25 bits per heavy atom. The van der Waals surface area contributed by atoms with Crippen LogP contribution in [0.3, 0.4) is 0 Å². The molecule has 1 amide bonds. The van der Waals surface area contributed by atoms with Crippen molar-refractivity contribution < 1.29 is 9.21 Å². The third kappa shape index (κ3) is 3.86. The average molecular weight is 433 g/mol. The van der Waals surface area contributed by atoms with Gasteiger partial charge in [-0.3, -0.25) is 9.59 Å². The van der Waals surface area contributed by atoms with Gasteiger partial charge < -0.3 is 14.2 Å². The van der Waals surface area contributed by atoms with Crippen molar-refractivity contribution in [2.24, 2.45) is 0 Å². The molecule has 5 nitrogen and oxygen atoms in total. The Balaban J connectivity index is 1.84. The Morgan fingerprint density at radius 2 is 1.62 bits per heavy atom. The number of likely N-dealkylation sites (N-methyl/N-ethyl adjacent to an activating group) is 1. The monoisotopic (exact) mass is 432 g/mol. The first-order chi connectivity index (χ1) is 15.3. The Morgan fingerprint density at radius 1 is 0.969 bits per heavy atom. The third-order valence-corrected chi connectivity index (χ3v) is 6.52. The van der Waals surface area contributed by atoms with Gasteiger partial charge in [0.2, 0.25) is 5.76 Å². The van der Waals surface area contributed by atoms with Gasteiger partial charge in [0.05, 0.1) is 17.0 Å². The molecule has 1 aromatic heterocycles. The van der Waals surface area contributed by atoms with Crippen molar-refractivity contribution in [3.63, 3.8) is 0 Å². The van der Waals surface area contributed by atoms with E-state index in [1.54, 1.807) is 17.0 Å². The molecule has 3 aromatic rings. The molecule has 1 atom stereocenters. The molecule has 2 heterocycles. The van der Waals surface area contributed by atoms with E-state index in [1.807, 2.05) is 24.3 Å². The zero-order valence-electron chi connectivity index (χ0n) is 19.6. The zero-order chi connectivity index (χ0) is 23.0. The highest BCUT2D eigenvalue weighted by molar-refractivity contribution is 5.99. The van der Waals surface area contributed by atoms with Gasteiger partial charge in [-0.05, 0) is 41.8 Å². The normalized spacial score (nSPS) is 16.2. The maximum absolute atomic E-state index is 13.5. The molecule has 0 saturated carbocycles. The first-order valence-electron chi connectivity index (χ1n) is 11.5. The van der Waals surface area contributed by atoms with E-state index in [0.717, 1.165) is 25.2 Å². The molecule has 0 spiro atoms. The smallest absolute Gasteiger partial charge is 0.290 e. The van der Waals surface area contributed by atoms with Crippen LogP contribution in [0.25, 0.3) is 11.0 Å². The van der Waals surface area contributed by atoms with Gasteiger partial charge in [0, 0.05) is 13.1 Å². The number of nitrogens with zero attached hydrogens (tertiary/aromatic N) is 2. The summed E-state index contributed by atoms with van der Waals surface area (Å²) in [7, 11) is 0. The number of amides is 1. The van der Waals surface area contributed by atoms with Crippen molar-refractivity contribution in [2.75, 3.05) is 26.2 Å². The van der Waals surface area contributed by atoms with Crippen molar-refractivity contribution >= 4 is 16.9 Å². The summed E-state index contributed by atoms with van der Waals surface area (Å²) in [6.07, 6.45) is 0. The van der Waals surface area contributed by atoms with E-state index in [9.17, 15) is 9.59 Å². The van der Waals surface area contributed by atoms with Crippen molar-refractivity contribution in [3.05, 3.63) is 81.2 Å². The van der Waals surface area contributed by atoms with Crippen molar-refractivity contribution in [1.29, 1.82) is 0 Å². The topological polar surface area (TPSA) is 53.8 Å². The first kappa shape index (κ1) is 22.3. The van der Waals surface area contributed by atoms with Crippen LogP contribution in [0.2, 0.25) is 0 Å². The maximum Gasteiger partial charge on any atom is 0.290 e. The van der Waals surface area contributed by atoms with E-state index in [1.165, 1.54) is 5.56 Å². The van der Waals surface area contributed by atoms with Crippen molar-refractivity contribution in [2.45, 2.75) is 46.1 Å². The predicted octanol–water partition coefficient (Wildman–Crippen LogP) is 4.98. The Hall–Kier alpha value is -2.92. The number of carbonyl (C=O) groups is 1. The lowest BCUT2D eigenvalue weighted by molar-refractivity contribution is 0.0708. The molecule has 1 aliphatic rings. The summed E-state index contributed by atoms with van der Waals surface area (Å²) in [4.78, 5) is 31.1. The molecule has 4 rings (SSSR count). The molecule has 0 aliphatic carbocycles. The quantitative estimate of drug-likeness (QED) is 0.551. The lowest BCUT2D eigenvalue weighted by atomic mass is 9.86. The van der Waals surface area contributed by atoms with Gasteiger partial charge in [0.25, 0.3) is 5.91 Å². The van der Waals surface area contributed by atoms with Gasteiger partial charge >= 0.3 is 0 Å². The van der Waals surface area contributed by atoms with Crippen LogP contribution in [0.4, 0.5) is 0 Å². The standard InChI is InChI=1S/C27H32N2O3/c1-6-28(7-2)16-17-29-23(18-12-14-19(15-13-18)27(3,4)5)22-24(30)20-10-8-9-11-21(20)32-25(22)26(29)31/h8-15,23H,6-7,16-17H2,1-5H3/t23-/m0/s1. The molecular formula is C27H32N2O3. The molecule has 0 N–H and O–H groups in total. The zero-order valence-corrected chi connectivity index (χ0v) is 19.6. The van der Waals surface area contributed by atoms with E-state index in [0.29, 0.717) is 23.1 Å². The minimum atomic E-state index is -0.442. The van der Waals surface area contributed by atoms with E-state index in [4.69, 9.17) is 4.42 Å². The van der Waals surface area contributed by atoms with Gasteiger partial charge in [0.15, 0.2) is 5.43 Å². The highest BCUT2D eigenvalue weighted by atomic mass is 16.3. The van der Waals surface area contributed by atoms with Gasteiger partial charge in [0.1, 0.15) is 5.58 Å². The van der Waals surface area contributed by atoms with Gasteiger partial charge in [-0.25, -0.2) is 0 Å². The average Bonchev–Trinajstić information content (AvgIpc) is 3.06. The fraction of sp³-hybridized carbons (Fsp3) is 0.407. The molecule has 5 heteroatoms. The highest BCUT2D eigenvalue weighted by Gasteiger charge is 2.42. The largest absolute Gasteiger partial charge is 0.450 e. The maximum atomic E-state index is 13.5. The molecule has 0 unspecified atom stereocenters. The Kier molecular flexibility index (Phi) is 5.95. The van der Waals surface area contributed by atoms with Crippen LogP contribution in [0.1, 0.15) is 67.9 Å². The van der Waals surface area contributed by atoms with Gasteiger partial charge in [-0.15, -0.1) is 0 Å². The third-order valence-electron chi connectivity index (χ3n) is 6.52. The number of hydrogen-bond acceptors (Lipinski definition) is 4. The van der Waals surface area contributed by atoms with E-state index in [2.05, 4.69) is 51.7 Å². The molecular weight excluding hydrogens is 400 g/mol. The molecule has 0 bridgehead atoms. The number of carbonyl (C=O) groups excluding carboxylic acids is 1. The summed E-state index contributed by atoms with van der Waals surface area (Å²) in [5.41, 5.74) is 2.97. The summed E-state index contributed by atoms with van der Waals surface area (Å²) >= 11 is 0. The Bertz CT molecular complexity index is 1180. The SMILES string of the molecule is CCN(CC)CCN1C(=O)c2oc3ccccc3c(=O)c2[C@@H]1c1ccc(C(C)(C)C)cc1. The minimum Gasteiger partial charge on any atom is -0.450 e. The fourth-order valence-electron chi connectivity index (χ4n) is 4.50. The van der Waals surface area contributed by atoms with Crippen LogP contribution in [0.5, 0.6) is 0 Å². The van der Waals surface area contributed by atoms with Crippen LogP contribution >= 0.6 is 0 Å². The fourth-order valence-corrected chi connectivity index (χ4v) is 4.50. The van der Waals surface area contributed by atoms with Crippen LogP contribution in [0.15, 0.2) is 57.7 Å². The van der Waals surface area contributed by atoms with Crippen molar-refractivity contribution in [3.8, 4) is 0 Å². The van der Waals surface area contributed by atoms with Crippen LogP contribution in [-0.2, 0) is 5.41 Å². The van der Waals surface area contributed by atoms with Crippen LogP contribution < -0.4 is 5.43 Å². The number of rotatable bonds is 6. The molecule has 0 fully saturated rings. The summed E-state index contributed by atoms with van der Waals surface area (Å²) in [5.74, 6) is -0.0296. The van der Waals surface area contributed by atoms with Crippen molar-refractivity contribution in [1.82, 2.24) is 9.80 Å². The second kappa shape index (κ2) is 8.55. The van der Waals surface area contributed by atoms with Crippen LogP contribution in [-0.4, -0.2) is 41.9 Å². The highest BCUT2D eigenvalue weighted by Crippen LogP contribution is 2.38. The molecule has 2 aromatic carbocycles. The summed E-state index contributed by atoms with van der Waals surface area (Å²) in [5, 5.41) is 0.515. The summed E-state index contributed by atoms with van der Waals surface area (Å²) < 4.78 is 6.01. The van der Waals surface area contributed by atoms with E-state index >= 15 is 0 Å². The summed E-state index contributed by atoms with van der Waals surface area (Å²) in [6, 6.07) is 15.0.